The fourth-order valence-corrected chi connectivity index (χ4v) is 6.56. The van der Waals surface area contributed by atoms with Crippen LogP contribution in [0.4, 0.5) is 0 Å². The molecular weight excluding hydrogens is 397 g/mol. The molecule has 0 radical (unpaired) electrons. The molecule has 0 aliphatic carbocycles. The van der Waals surface area contributed by atoms with E-state index in [1.54, 1.807) is 0 Å². The van der Waals surface area contributed by atoms with Crippen LogP contribution in [-0.4, -0.2) is 6.04 Å². The zero-order chi connectivity index (χ0) is 21.9. The Kier molecular flexibility index (Phi) is 9.13. The monoisotopic (exact) mass is 433 g/mol. The summed E-state index contributed by atoms with van der Waals surface area (Å²) in [6.45, 7) is 4.53. The van der Waals surface area contributed by atoms with Gasteiger partial charge in [0.25, 0.3) is 0 Å². The molecule has 0 fully saturated rings. The number of aryl methyl sites for hydroxylation is 1. The topological polar surface area (TPSA) is 29.1 Å². The van der Waals surface area contributed by atoms with Gasteiger partial charge < -0.3 is 0 Å². The molecule has 2 nitrogen and oxygen atoms in total. The van der Waals surface area contributed by atoms with Crippen molar-refractivity contribution in [2.75, 3.05) is 0 Å². The summed E-state index contributed by atoms with van der Waals surface area (Å²) in [6, 6.07) is 30.8. The lowest BCUT2D eigenvalue weighted by atomic mass is 9.99. The van der Waals surface area contributed by atoms with Crippen LogP contribution in [0, 0.1) is 5.92 Å². The molecule has 3 aromatic rings. The molecule has 31 heavy (non-hydrogen) atoms. The van der Waals surface area contributed by atoms with Crippen molar-refractivity contribution in [1.82, 2.24) is 5.09 Å². The van der Waals surface area contributed by atoms with Crippen LogP contribution < -0.4 is 15.7 Å². The molecule has 0 aliphatic rings. The fourth-order valence-electron chi connectivity index (χ4n) is 4.00. The van der Waals surface area contributed by atoms with Crippen molar-refractivity contribution in [3.05, 3.63) is 96.6 Å². The van der Waals surface area contributed by atoms with Gasteiger partial charge >= 0.3 is 0 Å². The lowest BCUT2D eigenvalue weighted by molar-refractivity contribution is 0.439. The van der Waals surface area contributed by atoms with Crippen LogP contribution in [0.25, 0.3) is 0 Å². The van der Waals surface area contributed by atoms with Crippen LogP contribution >= 0.6 is 7.29 Å². The van der Waals surface area contributed by atoms with Crippen molar-refractivity contribution >= 4 is 17.9 Å². The van der Waals surface area contributed by atoms with E-state index in [4.69, 9.17) is 0 Å². The Balaban J connectivity index is 1.73. The zero-order valence-electron chi connectivity index (χ0n) is 18.9. The zero-order valence-corrected chi connectivity index (χ0v) is 19.8. The highest BCUT2D eigenvalue weighted by molar-refractivity contribution is 7.76. The minimum atomic E-state index is -2.90. The Bertz CT molecular complexity index is 882. The molecule has 1 N–H and O–H groups in total. The summed E-state index contributed by atoms with van der Waals surface area (Å²) in [4.78, 5) is 0. The summed E-state index contributed by atoms with van der Waals surface area (Å²) in [5.74, 6) is 0.640. The second-order valence-electron chi connectivity index (χ2n) is 8.81. The average molecular weight is 434 g/mol. The highest BCUT2D eigenvalue weighted by atomic mass is 31.2. The van der Waals surface area contributed by atoms with Crippen molar-refractivity contribution in [3.63, 3.8) is 0 Å². The molecule has 3 aromatic carbocycles. The van der Waals surface area contributed by atoms with Gasteiger partial charge in [-0.3, -0.25) is 9.65 Å². The molecule has 1 atom stereocenters. The molecule has 0 aliphatic heterocycles. The van der Waals surface area contributed by atoms with E-state index in [1.165, 1.54) is 5.56 Å². The summed E-state index contributed by atoms with van der Waals surface area (Å²) in [7, 11) is -2.90. The highest BCUT2D eigenvalue weighted by Gasteiger charge is 2.29. The number of hydrogen-bond donors (Lipinski definition) is 1. The predicted molar refractivity (Wildman–Crippen MR) is 135 cm³/mol. The van der Waals surface area contributed by atoms with E-state index in [9.17, 15) is 4.57 Å². The number of nitrogens with one attached hydrogen (secondary N) is 1. The third kappa shape index (κ3) is 7.20. The lowest BCUT2D eigenvalue weighted by Gasteiger charge is -2.27. The van der Waals surface area contributed by atoms with Gasteiger partial charge in [-0.2, -0.15) is 0 Å². The van der Waals surface area contributed by atoms with Gasteiger partial charge in [-0.25, -0.2) is 0 Å². The first-order chi connectivity index (χ1) is 15.1. The molecule has 0 bridgehead atoms. The fraction of sp³-hybridized carbons (Fsp3) is 0.357. The molecule has 0 amide bonds. The van der Waals surface area contributed by atoms with Crippen LogP contribution in [0.5, 0.6) is 0 Å². The smallest absolute Gasteiger partial charge is 0.204 e. The molecule has 0 saturated heterocycles. The van der Waals surface area contributed by atoms with E-state index in [-0.39, 0.29) is 6.04 Å². The Morgan fingerprint density at radius 1 is 0.677 bits per heavy atom. The number of rotatable bonds is 12. The Labute approximate surface area is 188 Å². The van der Waals surface area contributed by atoms with Crippen molar-refractivity contribution in [3.8, 4) is 0 Å². The first-order valence-corrected chi connectivity index (χ1v) is 13.3. The SMILES string of the molecule is CC(C)CC[C@H](CCCCc1ccccc1)NP(=O)(c1ccccc1)c1ccccc1. The molecule has 0 unspecified atom stereocenters. The quantitative estimate of drug-likeness (QED) is 0.254. The van der Waals surface area contributed by atoms with Gasteiger partial charge in [0, 0.05) is 16.7 Å². The first kappa shape index (κ1) is 23.5. The predicted octanol–water partition coefficient (Wildman–Crippen LogP) is 6.72. The lowest BCUT2D eigenvalue weighted by Crippen LogP contribution is -2.35. The second kappa shape index (κ2) is 12.0. The second-order valence-corrected chi connectivity index (χ2v) is 11.3. The molecular formula is C28H36NOP. The first-order valence-electron chi connectivity index (χ1n) is 11.6. The van der Waals surface area contributed by atoms with Crippen molar-refractivity contribution in [1.29, 1.82) is 0 Å². The van der Waals surface area contributed by atoms with E-state index >= 15 is 0 Å². The van der Waals surface area contributed by atoms with Gasteiger partial charge in [-0.05, 0) is 67.9 Å². The summed E-state index contributed by atoms with van der Waals surface area (Å²) in [6.07, 6.45) is 6.63. The maximum Gasteiger partial charge on any atom is 0.204 e. The van der Waals surface area contributed by atoms with Crippen LogP contribution in [0.3, 0.4) is 0 Å². The number of benzene rings is 3. The Morgan fingerprint density at radius 2 is 1.19 bits per heavy atom. The molecule has 0 saturated carbocycles. The Hall–Kier alpha value is -2.15. The maximum atomic E-state index is 14.4. The minimum Gasteiger partial charge on any atom is -0.297 e. The molecule has 0 spiro atoms. The van der Waals surface area contributed by atoms with Crippen LogP contribution in [0.2, 0.25) is 0 Å². The molecule has 164 valence electrons. The Morgan fingerprint density at radius 3 is 1.71 bits per heavy atom. The summed E-state index contributed by atoms with van der Waals surface area (Å²) in [5.41, 5.74) is 1.40. The minimum absolute atomic E-state index is 0.240. The van der Waals surface area contributed by atoms with Crippen LogP contribution in [0.15, 0.2) is 91.0 Å². The van der Waals surface area contributed by atoms with E-state index in [2.05, 4.69) is 49.3 Å². The summed E-state index contributed by atoms with van der Waals surface area (Å²) >= 11 is 0. The number of hydrogen-bond acceptors (Lipinski definition) is 1. The van der Waals surface area contributed by atoms with E-state index in [0.717, 1.165) is 49.1 Å². The molecule has 0 aromatic heterocycles. The van der Waals surface area contributed by atoms with Gasteiger partial charge in [0.1, 0.15) is 0 Å². The normalized spacial score (nSPS) is 12.7. The largest absolute Gasteiger partial charge is 0.297 e. The molecule has 3 heteroatoms. The molecule has 0 heterocycles. The summed E-state index contributed by atoms with van der Waals surface area (Å²) in [5, 5.41) is 5.45. The standard InChI is InChI=1S/C28H36NOP/c1-24(2)22-23-26(17-13-12-16-25-14-6-3-7-15-25)29-31(30,27-18-8-4-9-19-27)28-20-10-5-11-21-28/h3-11,14-15,18-21,24,26H,12-13,16-17,22-23H2,1-2H3,(H,29,30)/t26-/m0/s1. The third-order valence-electron chi connectivity index (χ3n) is 5.81. The van der Waals surface area contributed by atoms with Crippen molar-refractivity contribution in [2.24, 2.45) is 5.92 Å². The van der Waals surface area contributed by atoms with Crippen LogP contribution in [0.1, 0.15) is 51.5 Å². The number of unbranched alkanes of at least 4 members (excludes halogenated alkanes) is 1. The average Bonchev–Trinajstić information content (AvgIpc) is 2.81. The maximum absolute atomic E-state index is 14.4. The van der Waals surface area contributed by atoms with E-state index in [1.807, 2.05) is 60.7 Å². The summed E-state index contributed by atoms with van der Waals surface area (Å²) < 4.78 is 14.4. The molecule has 3 rings (SSSR count). The van der Waals surface area contributed by atoms with Crippen molar-refractivity contribution < 1.29 is 4.57 Å². The van der Waals surface area contributed by atoms with Gasteiger partial charge in [-0.15, -0.1) is 0 Å². The van der Waals surface area contributed by atoms with Crippen molar-refractivity contribution in [2.45, 2.75) is 58.4 Å². The van der Waals surface area contributed by atoms with Gasteiger partial charge in [0.2, 0.25) is 7.29 Å². The van der Waals surface area contributed by atoms with Gasteiger partial charge in [0.05, 0.1) is 0 Å². The van der Waals surface area contributed by atoms with Gasteiger partial charge in [0.15, 0.2) is 0 Å². The highest BCUT2D eigenvalue weighted by Crippen LogP contribution is 2.40. The van der Waals surface area contributed by atoms with E-state index < -0.39 is 7.29 Å². The van der Waals surface area contributed by atoms with Crippen LogP contribution in [-0.2, 0) is 11.0 Å². The van der Waals surface area contributed by atoms with E-state index in [0.29, 0.717) is 5.92 Å². The van der Waals surface area contributed by atoms with Gasteiger partial charge in [-0.1, -0.05) is 87.0 Å². The third-order valence-corrected chi connectivity index (χ3v) is 8.59.